The SMILES string of the molecule is COc1cc(O)ccc1/C=C(/NC(=O)c1ccccc1)C(=O)Nc1cccc(SCC(=O)Nc2sc3c(c2C#N)CCN(C(=O)OC(C)(C)C)C3)c1. The van der Waals surface area contributed by atoms with Crippen LogP contribution in [0, 0.1) is 11.3 Å². The van der Waals surface area contributed by atoms with Crippen LogP contribution in [0.1, 0.15) is 52.7 Å². The van der Waals surface area contributed by atoms with Gasteiger partial charge in [-0.05, 0) is 81.3 Å². The standard InChI is InChI=1S/C38H37N5O7S2/c1-38(2,3)50-37(48)43-16-15-28-29(20-39)36(52-32(28)21-43)42-33(45)22-51-27-12-8-11-25(18-27)40-35(47)30(41-34(46)23-9-6-5-7-10-23)17-24-13-14-26(44)19-31(24)49-4/h5-14,17-19,44H,15-16,21-22H2,1-4H3,(H,40,47)(H,41,46)(H,42,45)/b30-17+. The van der Waals surface area contributed by atoms with E-state index in [0.29, 0.717) is 57.5 Å². The van der Waals surface area contributed by atoms with Crippen molar-refractivity contribution in [3.63, 3.8) is 0 Å². The van der Waals surface area contributed by atoms with Crippen molar-refractivity contribution < 1.29 is 33.8 Å². The highest BCUT2D eigenvalue weighted by molar-refractivity contribution is 8.00. The van der Waals surface area contributed by atoms with E-state index >= 15 is 0 Å². The van der Waals surface area contributed by atoms with Gasteiger partial charge >= 0.3 is 6.09 Å². The average Bonchev–Trinajstić information content (AvgIpc) is 3.46. The predicted molar refractivity (Wildman–Crippen MR) is 200 cm³/mol. The van der Waals surface area contributed by atoms with Crippen molar-refractivity contribution in [1.29, 1.82) is 5.26 Å². The number of carbonyl (C=O) groups is 4. The summed E-state index contributed by atoms with van der Waals surface area (Å²) in [5, 5.41) is 28.6. The van der Waals surface area contributed by atoms with Crippen LogP contribution in [0.15, 0.2) is 83.4 Å². The predicted octanol–water partition coefficient (Wildman–Crippen LogP) is 6.77. The summed E-state index contributed by atoms with van der Waals surface area (Å²) < 4.78 is 10.9. The Bertz CT molecular complexity index is 2070. The quantitative estimate of drug-likeness (QED) is 0.101. The number of hydrogen-bond donors (Lipinski definition) is 4. The largest absolute Gasteiger partial charge is 0.508 e. The number of methoxy groups -OCH3 is 1. The number of fused-ring (bicyclic) bond motifs is 1. The lowest BCUT2D eigenvalue weighted by molar-refractivity contribution is -0.114. The van der Waals surface area contributed by atoms with Crippen molar-refractivity contribution in [3.05, 3.63) is 106 Å². The molecule has 4 amide bonds. The van der Waals surface area contributed by atoms with Gasteiger partial charge in [-0.1, -0.05) is 24.3 Å². The van der Waals surface area contributed by atoms with Crippen LogP contribution in [0.3, 0.4) is 0 Å². The lowest BCUT2D eigenvalue weighted by Gasteiger charge is -2.29. The van der Waals surface area contributed by atoms with Crippen molar-refractivity contribution >= 4 is 63.7 Å². The van der Waals surface area contributed by atoms with E-state index in [1.807, 2.05) is 0 Å². The number of phenols is 1. The lowest BCUT2D eigenvalue weighted by atomic mass is 10.0. The zero-order valence-electron chi connectivity index (χ0n) is 28.9. The Balaban J connectivity index is 1.25. The molecule has 0 fully saturated rings. The summed E-state index contributed by atoms with van der Waals surface area (Å²) in [5.74, 6) is -1.15. The number of aromatic hydroxyl groups is 1. The zero-order chi connectivity index (χ0) is 37.4. The van der Waals surface area contributed by atoms with Crippen LogP contribution in [-0.4, -0.2) is 58.8 Å². The van der Waals surface area contributed by atoms with Crippen LogP contribution < -0.4 is 20.7 Å². The van der Waals surface area contributed by atoms with Gasteiger partial charge in [0.15, 0.2) is 0 Å². The molecule has 1 aliphatic rings. The van der Waals surface area contributed by atoms with Crippen molar-refractivity contribution in [2.24, 2.45) is 0 Å². The summed E-state index contributed by atoms with van der Waals surface area (Å²) in [6, 6.07) is 21.9. The molecule has 0 aliphatic carbocycles. The van der Waals surface area contributed by atoms with Crippen molar-refractivity contribution in [1.82, 2.24) is 10.2 Å². The summed E-state index contributed by atoms with van der Waals surface area (Å²) in [6.45, 7) is 6.11. The smallest absolute Gasteiger partial charge is 0.410 e. The Morgan fingerprint density at radius 1 is 1.04 bits per heavy atom. The van der Waals surface area contributed by atoms with E-state index < -0.39 is 23.5 Å². The van der Waals surface area contributed by atoms with Gasteiger partial charge in [-0.15, -0.1) is 23.1 Å². The minimum atomic E-state index is -0.629. The van der Waals surface area contributed by atoms with Crippen LogP contribution in [0.2, 0.25) is 0 Å². The third kappa shape index (κ3) is 9.71. The van der Waals surface area contributed by atoms with Gasteiger partial charge in [-0.25, -0.2) is 4.79 Å². The van der Waals surface area contributed by atoms with Crippen LogP contribution in [-0.2, 0) is 27.3 Å². The number of amides is 4. The molecule has 5 rings (SSSR count). The second-order valence-corrected chi connectivity index (χ2v) is 14.7. The molecule has 4 N–H and O–H groups in total. The van der Waals surface area contributed by atoms with Crippen LogP contribution >= 0.6 is 23.1 Å². The number of benzene rings is 3. The Morgan fingerprint density at radius 3 is 2.52 bits per heavy atom. The summed E-state index contributed by atoms with van der Waals surface area (Å²) in [4.78, 5) is 55.4. The maximum atomic E-state index is 13.6. The number of hydrogen-bond acceptors (Lipinski definition) is 10. The van der Waals surface area contributed by atoms with Crippen molar-refractivity contribution in [3.8, 4) is 17.6 Å². The second-order valence-electron chi connectivity index (χ2n) is 12.6. The number of thioether (sulfide) groups is 1. The number of ether oxygens (including phenoxy) is 2. The maximum Gasteiger partial charge on any atom is 0.410 e. The van der Waals surface area contributed by atoms with E-state index in [9.17, 15) is 29.5 Å². The second kappa shape index (κ2) is 16.5. The Labute approximate surface area is 309 Å². The maximum absolute atomic E-state index is 13.6. The summed E-state index contributed by atoms with van der Waals surface area (Å²) in [5.41, 5.74) is 1.74. The molecule has 0 unspecified atom stereocenters. The molecule has 0 bridgehead atoms. The average molecular weight is 740 g/mol. The highest BCUT2D eigenvalue weighted by atomic mass is 32.2. The van der Waals surface area contributed by atoms with E-state index in [0.717, 1.165) is 10.4 Å². The molecule has 0 saturated carbocycles. The highest BCUT2D eigenvalue weighted by Crippen LogP contribution is 2.37. The van der Waals surface area contributed by atoms with Gasteiger partial charge in [0.05, 0.1) is 25.0 Å². The molecule has 2 heterocycles. The number of nitrogens with one attached hydrogen (secondary N) is 3. The van der Waals surface area contributed by atoms with E-state index in [-0.39, 0.29) is 23.1 Å². The number of carbonyl (C=O) groups excluding carboxylic acids is 4. The van der Waals surface area contributed by atoms with E-state index in [2.05, 4.69) is 22.0 Å². The van der Waals surface area contributed by atoms with Gasteiger partial charge < -0.3 is 35.4 Å². The molecule has 14 heteroatoms. The van der Waals surface area contributed by atoms with Gasteiger partial charge in [-0.3, -0.25) is 14.4 Å². The van der Waals surface area contributed by atoms with Gasteiger partial charge in [0.25, 0.3) is 11.8 Å². The molecular weight excluding hydrogens is 703 g/mol. The summed E-state index contributed by atoms with van der Waals surface area (Å²) >= 11 is 2.51. The summed E-state index contributed by atoms with van der Waals surface area (Å²) in [6.07, 6.45) is 1.50. The molecule has 0 radical (unpaired) electrons. The number of thiophene rings is 1. The van der Waals surface area contributed by atoms with Crippen LogP contribution in [0.25, 0.3) is 6.08 Å². The van der Waals surface area contributed by atoms with Crippen LogP contribution in [0.5, 0.6) is 11.5 Å². The number of nitriles is 1. The third-order valence-corrected chi connectivity index (χ3v) is 9.71. The van der Waals surface area contributed by atoms with Crippen molar-refractivity contribution in [2.75, 3.05) is 30.0 Å². The van der Waals surface area contributed by atoms with Gasteiger partial charge in [0, 0.05) is 39.2 Å². The molecule has 268 valence electrons. The van der Waals surface area contributed by atoms with Gasteiger partial charge in [0.1, 0.15) is 33.9 Å². The highest BCUT2D eigenvalue weighted by Gasteiger charge is 2.30. The fourth-order valence-electron chi connectivity index (χ4n) is 5.18. The first-order valence-corrected chi connectivity index (χ1v) is 18.0. The minimum absolute atomic E-state index is 0.0216. The third-order valence-electron chi connectivity index (χ3n) is 7.58. The first-order valence-electron chi connectivity index (χ1n) is 16.1. The number of anilines is 2. The molecular formula is C38H37N5O7S2. The molecule has 52 heavy (non-hydrogen) atoms. The fraction of sp³-hybridized carbons (Fsp3) is 0.237. The molecule has 1 aromatic heterocycles. The fourth-order valence-corrected chi connectivity index (χ4v) is 7.17. The van der Waals surface area contributed by atoms with Crippen molar-refractivity contribution in [2.45, 2.75) is 44.2 Å². The van der Waals surface area contributed by atoms with Gasteiger partial charge in [-0.2, -0.15) is 5.26 Å². The molecule has 0 atom stereocenters. The molecule has 3 aromatic carbocycles. The molecule has 0 saturated heterocycles. The Kier molecular flexibility index (Phi) is 11.9. The first kappa shape index (κ1) is 37.5. The monoisotopic (exact) mass is 739 g/mol. The normalized spacial score (nSPS) is 12.6. The topological polar surface area (TPSA) is 170 Å². The summed E-state index contributed by atoms with van der Waals surface area (Å²) in [7, 11) is 1.43. The van der Waals surface area contributed by atoms with E-state index in [4.69, 9.17) is 9.47 Å². The number of phenolic OH excluding ortho intramolecular Hbond substituents is 1. The molecule has 12 nitrogen and oxygen atoms in total. The van der Waals surface area contributed by atoms with Crippen LogP contribution in [0.4, 0.5) is 15.5 Å². The molecule has 1 aliphatic heterocycles. The lowest BCUT2D eigenvalue weighted by Crippen LogP contribution is -2.39. The minimum Gasteiger partial charge on any atom is -0.508 e. The number of rotatable bonds is 10. The first-order chi connectivity index (χ1) is 24.8. The van der Waals surface area contributed by atoms with E-state index in [1.165, 1.54) is 48.4 Å². The Hall–Kier alpha value is -5.78. The zero-order valence-corrected chi connectivity index (χ0v) is 30.6. The number of nitrogens with zero attached hydrogens (tertiary/aromatic N) is 2. The molecule has 0 spiro atoms. The molecule has 4 aromatic rings. The Morgan fingerprint density at radius 2 is 1.81 bits per heavy atom. The van der Waals surface area contributed by atoms with Gasteiger partial charge in [0.2, 0.25) is 5.91 Å². The van der Waals surface area contributed by atoms with E-state index in [1.54, 1.807) is 86.3 Å².